The van der Waals surface area contributed by atoms with Crippen LogP contribution in [0.1, 0.15) is 21.9 Å². The topological polar surface area (TPSA) is 70.4 Å². The number of carboxylic acids is 1. The number of rotatable bonds is 2. The van der Waals surface area contributed by atoms with Gasteiger partial charge in [-0.15, -0.1) is 11.3 Å². The van der Waals surface area contributed by atoms with E-state index < -0.39 is 5.97 Å². The third-order valence-corrected chi connectivity index (χ3v) is 1.97. The Hall–Kier alpha value is -1.38. The first-order chi connectivity index (χ1) is 6.24. The normalized spacial score (nSPS) is 9.00. The van der Waals surface area contributed by atoms with Crippen LogP contribution in [-0.4, -0.2) is 27.8 Å². The van der Waals surface area contributed by atoms with Crippen LogP contribution in [0, 0.1) is 11.8 Å². The Morgan fingerprint density at radius 2 is 2.46 bits per heavy atom. The molecule has 13 heavy (non-hydrogen) atoms. The SMILES string of the molecule is O=C(O)c1nc(C#CCCO)cs1. The molecule has 0 spiro atoms. The number of aromatic carboxylic acids is 1. The van der Waals surface area contributed by atoms with Crippen LogP contribution >= 0.6 is 11.3 Å². The number of carbonyl (C=O) groups is 1. The maximum Gasteiger partial charge on any atom is 0.365 e. The monoisotopic (exact) mass is 197 g/mol. The Bertz CT molecular complexity index is 361. The first-order valence-electron chi connectivity index (χ1n) is 3.52. The summed E-state index contributed by atoms with van der Waals surface area (Å²) in [7, 11) is 0. The predicted octanol–water partition coefficient (Wildman–Crippen LogP) is 0.575. The zero-order valence-corrected chi connectivity index (χ0v) is 7.47. The van der Waals surface area contributed by atoms with Crippen molar-refractivity contribution in [1.82, 2.24) is 4.98 Å². The molecule has 0 saturated heterocycles. The number of carboxylic acid groups (broad SMARTS) is 1. The van der Waals surface area contributed by atoms with Gasteiger partial charge in [0.2, 0.25) is 5.01 Å². The lowest BCUT2D eigenvalue weighted by molar-refractivity contribution is 0.0696. The van der Waals surface area contributed by atoms with Crippen molar-refractivity contribution < 1.29 is 15.0 Å². The maximum atomic E-state index is 10.4. The van der Waals surface area contributed by atoms with Crippen molar-refractivity contribution in [2.45, 2.75) is 6.42 Å². The molecule has 1 heterocycles. The van der Waals surface area contributed by atoms with Gasteiger partial charge in [0.05, 0.1) is 6.61 Å². The zero-order chi connectivity index (χ0) is 9.68. The molecule has 0 aliphatic heterocycles. The molecular formula is C8H7NO3S. The van der Waals surface area contributed by atoms with Crippen molar-refractivity contribution >= 4 is 17.3 Å². The number of nitrogens with zero attached hydrogens (tertiary/aromatic N) is 1. The van der Waals surface area contributed by atoms with Gasteiger partial charge >= 0.3 is 5.97 Å². The molecule has 2 N–H and O–H groups in total. The zero-order valence-electron chi connectivity index (χ0n) is 6.65. The molecule has 5 heteroatoms. The van der Waals surface area contributed by atoms with E-state index in [4.69, 9.17) is 10.2 Å². The van der Waals surface area contributed by atoms with Crippen LogP contribution in [0.25, 0.3) is 0 Å². The number of aliphatic hydroxyl groups excluding tert-OH is 1. The van der Waals surface area contributed by atoms with Crippen molar-refractivity contribution in [1.29, 1.82) is 0 Å². The van der Waals surface area contributed by atoms with E-state index in [9.17, 15) is 4.79 Å². The third kappa shape index (κ3) is 2.86. The molecule has 1 aromatic rings. The quantitative estimate of drug-likeness (QED) is 0.680. The van der Waals surface area contributed by atoms with Crippen molar-refractivity contribution in [3.05, 3.63) is 16.1 Å². The van der Waals surface area contributed by atoms with Crippen LogP contribution in [0.3, 0.4) is 0 Å². The molecule has 1 rings (SSSR count). The second kappa shape index (κ2) is 4.60. The molecule has 0 amide bonds. The summed E-state index contributed by atoms with van der Waals surface area (Å²) in [4.78, 5) is 14.1. The Morgan fingerprint density at radius 3 is 3.00 bits per heavy atom. The highest BCUT2D eigenvalue weighted by molar-refractivity contribution is 7.11. The molecular weight excluding hydrogens is 190 g/mol. The summed E-state index contributed by atoms with van der Waals surface area (Å²) in [5.41, 5.74) is 0.441. The molecule has 0 radical (unpaired) electrons. The summed E-state index contributed by atoms with van der Waals surface area (Å²) < 4.78 is 0. The van der Waals surface area contributed by atoms with Crippen LogP contribution < -0.4 is 0 Å². The van der Waals surface area contributed by atoms with E-state index in [2.05, 4.69) is 16.8 Å². The largest absolute Gasteiger partial charge is 0.476 e. The van der Waals surface area contributed by atoms with E-state index in [1.807, 2.05) is 0 Å². The van der Waals surface area contributed by atoms with E-state index >= 15 is 0 Å². The lowest BCUT2D eigenvalue weighted by atomic mass is 10.4. The molecule has 0 aliphatic carbocycles. The highest BCUT2D eigenvalue weighted by atomic mass is 32.1. The second-order valence-corrected chi connectivity index (χ2v) is 2.98. The van der Waals surface area contributed by atoms with Crippen molar-refractivity contribution in [2.75, 3.05) is 6.61 Å². The van der Waals surface area contributed by atoms with Crippen LogP contribution in [0.15, 0.2) is 5.38 Å². The summed E-state index contributed by atoms with van der Waals surface area (Å²) in [5, 5.41) is 18.6. The molecule has 0 bridgehead atoms. The van der Waals surface area contributed by atoms with Gasteiger partial charge < -0.3 is 10.2 Å². The Balaban J connectivity index is 2.71. The molecule has 0 aliphatic rings. The highest BCUT2D eigenvalue weighted by Gasteiger charge is 2.06. The van der Waals surface area contributed by atoms with E-state index in [0.717, 1.165) is 11.3 Å². The Labute approximate surface area is 78.9 Å². The van der Waals surface area contributed by atoms with Gasteiger partial charge in [-0.1, -0.05) is 5.92 Å². The summed E-state index contributed by atoms with van der Waals surface area (Å²) in [5.74, 6) is 4.26. The van der Waals surface area contributed by atoms with E-state index in [1.165, 1.54) is 0 Å². The fraction of sp³-hybridized carbons (Fsp3) is 0.250. The molecule has 0 saturated carbocycles. The average molecular weight is 197 g/mol. The first kappa shape index (κ1) is 9.71. The van der Waals surface area contributed by atoms with E-state index in [-0.39, 0.29) is 11.6 Å². The van der Waals surface area contributed by atoms with Gasteiger partial charge in [0, 0.05) is 11.8 Å². The number of aromatic nitrogens is 1. The summed E-state index contributed by atoms with van der Waals surface area (Å²) in [6.45, 7) is 0.00290. The fourth-order valence-electron chi connectivity index (χ4n) is 0.638. The molecule has 0 aromatic carbocycles. The second-order valence-electron chi connectivity index (χ2n) is 2.12. The first-order valence-corrected chi connectivity index (χ1v) is 4.40. The molecule has 0 unspecified atom stereocenters. The Kier molecular flexibility index (Phi) is 3.43. The van der Waals surface area contributed by atoms with E-state index in [1.54, 1.807) is 5.38 Å². The van der Waals surface area contributed by atoms with Gasteiger partial charge in [-0.05, 0) is 5.92 Å². The minimum Gasteiger partial charge on any atom is -0.476 e. The average Bonchev–Trinajstić information content (AvgIpc) is 2.53. The molecule has 4 nitrogen and oxygen atoms in total. The molecule has 0 atom stereocenters. The molecule has 1 aromatic heterocycles. The van der Waals surface area contributed by atoms with Crippen LogP contribution in [0.5, 0.6) is 0 Å². The summed E-state index contributed by atoms with van der Waals surface area (Å²) in [6.07, 6.45) is 0.375. The van der Waals surface area contributed by atoms with Gasteiger partial charge in [-0.2, -0.15) is 0 Å². The van der Waals surface area contributed by atoms with Crippen molar-refractivity contribution in [3.8, 4) is 11.8 Å². The van der Waals surface area contributed by atoms with Crippen molar-refractivity contribution in [3.63, 3.8) is 0 Å². The lowest BCUT2D eigenvalue weighted by Gasteiger charge is -1.80. The standard InChI is InChI=1S/C8H7NO3S/c10-4-2-1-3-6-5-13-7(9-6)8(11)12/h5,10H,2,4H2,(H,11,12). The molecule has 0 fully saturated rings. The molecule has 68 valence electrons. The van der Waals surface area contributed by atoms with Gasteiger partial charge in [-0.3, -0.25) is 0 Å². The summed E-state index contributed by atoms with van der Waals surface area (Å²) in [6, 6.07) is 0. The van der Waals surface area contributed by atoms with Gasteiger partial charge in [-0.25, -0.2) is 9.78 Å². The summed E-state index contributed by atoms with van der Waals surface area (Å²) >= 11 is 1.04. The fourth-order valence-corrected chi connectivity index (χ4v) is 1.23. The number of hydrogen-bond acceptors (Lipinski definition) is 4. The van der Waals surface area contributed by atoms with Gasteiger partial charge in [0.25, 0.3) is 0 Å². The third-order valence-electron chi connectivity index (χ3n) is 1.14. The number of thiazole rings is 1. The van der Waals surface area contributed by atoms with Gasteiger partial charge in [0.15, 0.2) is 0 Å². The number of aliphatic hydroxyl groups is 1. The van der Waals surface area contributed by atoms with Crippen LogP contribution in [-0.2, 0) is 0 Å². The van der Waals surface area contributed by atoms with E-state index in [0.29, 0.717) is 12.1 Å². The number of hydrogen-bond donors (Lipinski definition) is 2. The minimum atomic E-state index is -1.04. The maximum absolute atomic E-state index is 10.4. The smallest absolute Gasteiger partial charge is 0.365 e. The van der Waals surface area contributed by atoms with Gasteiger partial charge in [0.1, 0.15) is 5.69 Å². The van der Waals surface area contributed by atoms with Crippen LogP contribution in [0.4, 0.5) is 0 Å². The predicted molar refractivity (Wildman–Crippen MR) is 47.7 cm³/mol. The van der Waals surface area contributed by atoms with Crippen molar-refractivity contribution in [2.24, 2.45) is 0 Å². The Morgan fingerprint density at radius 1 is 1.69 bits per heavy atom. The van der Waals surface area contributed by atoms with Crippen LogP contribution in [0.2, 0.25) is 0 Å². The minimum absolute atomic E-state index is 0.00290. The lowest BCUT2D eigenvalue weighted by Crippen LogP contribution is -1.94. The highest BCUT2D eigenvalue weighted by Crippen LogP contribution is 2.08.